The van der Waals surface area contributed by atoms with Gasteiger partial charge in [0.1, 0.15) is 11.6 Å². The molecular formula is C11H15N3OS2. The zero-order chi connectivity index (χ0) is 12.3. The fraction of sp³-hybridized carbons (Fsp3) is 0.455. The van der Waals surface area contributed by atoms with E-state index in [0.717, 1.165) is 22.3 Å². The normalized spacial score (nSPS) is 14.8. The first kappa shape index (κ1) is 12.6. The van der Waals surface area contributed by atoms with Gasteiger partial charge in [0, 0.05) is 6.04 Å². The molecule has 2 rings (SSSR count). The maximum absolute atomic E-state index is 6.14. The van der Waals surface area contributed by atoms with Gasteiger partial charge in [-0.05, 0) is 37.0 Å². The Hall–Kier alpha value is -0.850. The number of hydrogen-bond acceptors (Lipinski definition) is 6. The summed E-state index contributed by atoms with van der Waals surface area (Å²) >= 11 is 3.03. The molecule has 0 aliphatic heterocycles. The van der Waals surface area contributed by atoms with E-state index >= 15 is 0 Å². The SMILES string of the molecule is CCC(N)C(Sc1nc(C)ns1)c1ccco1. The Morgan fingerprint density at radius 3 is 2.94 bits per heavy atom. The van der Waals surface area contributed by atoms with Crippen LogP contribution in [0.15, 0.2) is 27.2 Å². The lowest BCUT2D eigenvalue weighted by atomic mass is 10.1. The Bertz CT molecular complexity index is 455. The summed E-state index contributed by atoms with van der Waals surface area (Å²) in [6.07, 6.45) is 2.58. The molecule has 2 aromatic heterocycles. The van der Waals surface area contributed by atoms with Gasteiger partial charge in [-0.3, -0.25) is 0 Å². The van der Waals surface area contributed by atoms with E-state index in [9.17, 15) is 0 Å². The third kappa shape index (κ3) is 3.08. The number of aromatic nitrogens is 2. The summed E-state index contributed by atoms with van der Waals surface area (Å²) in [5.74, 6) is 1.71. The second-order valence-electron chi connectivity index (χ2n) is 3.73. The van der Waals surface area contributed by atoms with Crippen LogP contribution in [0.1, 0.15) is 30.2 Å². The summed E-state index contributed by atoms with van der Waals surface area (Å²) in [5.41, 5.74) is 6.14. The lowest BCUT2D eigenvalue weighted by Gasteiger charge is -2.18. The van der Waals surface area contributed by atoms with Crippen molar-refractivity contribution in [2.45, 2.75) is 35.9 Å². The van der Waals surface area contributed by atoms with Gasteiger partial charge in [-0.15, -0.1) is 0 Å². The second-order valence-corrected chi connectivity index (χ2v) is 5.87. The molecule has 0 aliphatic carbocycles. The molecule has 2 N–H and O–H groups in total. The number of nitrogens with two attached hydrogens (primary N) is 1. The van der Waals surface area contributed by atoms with Crippen molar-refractivity contribution in [2.75, 3.05) is 0 Å². The number of furan rings is 1. The lowest BCUT2D eigenvalue weighted by molar-refractivity contribution is 0.474. The fourth-order valence-corrected chi connectivity index (χ4v) is 3.50. The number of aryl methyl sites for hydroxylation is 1. The van der Waals surface area contributed by atoms with E-state index < -0.39 is 0 Å². The van der Waals surface area contributed by atoms with Crippen molar-refractivity contribution < 1.29 is 4.42 Å². The van der Waals surface area contributed by atoms with Gasteiger partial charge >= 0.3 is 0 Å². The van der Waals surface area contributed by atoms with Crippen LogP contribution in [0.3, 0.4) is 0 Å². The highest BCUT2D eigenvalue weighted by atomic mass is 32.2. The van der Waals surface area contributed by atoms with Crippen LogP contribution >= 0.6 is 23.3 Å². The average Bonchev–Trinajstić information content (AvgIpc) is 2.96. The minimum atomic E-state index is 0.0513. The van der Waals surface area contributed by atoms with Crippen molar-refractivity contribution >= 4 is 23.3 Å². The fourth-order valence-electron chi connectivity index (χ4n) is 1.46. The van der Waals surface area contributed by atoms with Crippen LogP contribution in [0, 0.1) is 6.92 Å². The van der Waals surface area contributed by atoms with Crippen molar-refractivity contribution in [2.24, 2.45) is 5.73 Å². The van der Waals surface area contributed by atoms with Crippen LogP contribution in [0.5, 0.6) is 0 Å². The van der Waals surface area contributed by atoms with E-state index in [4.69, 9.17) is 10.2 Å². The van der Waals surface area contributed by atoms with E-state index in [1.54, 1.807) is 18.0 Å². The predicted molar refractivity (Wildman–Crippen MR) is 70.2 cm³/mol. The van der Waals surface area contributed by atoms with Gasteiger partial charge in [-0.1, -0.05) is 18.7 Å². The van der Waals surface area contributed by atoms with Crippen LogP contribution in [-0.4, -0.2) is 15.4 Å². The minimum absolute atomic E-state index is 0.0513. The van der Waals surface area contributed by atoms with Crippen LogP contribution in [0.25, 0.3) is 0 Å². The highest BCUT2D eigenvalue weighted by Crippen LogP contribution is 2.38. The van der Waals surface area contributed by atoms with Crippen molar-refractivity contribution in [1.82, 2.24) is 9.36 Å². The Kier molecular flexibility index (Phi) is 4.20. The van der Waals surface area contributed by atoms with Gasteiger partial charge in [0.15, 0.2) is 4.34 Å². The van der Waals surface area contributed by atoms with Crippen LogP contribution < -0.4 is 5.73 Å². The zero-order valence-electron chi connectivity index (χ0n) is 9.79. The van der Waals surface area contributed by atoms with Gasteiger partial charge in [-0.2, -0.15) is 4.37 Å². The molecule has 2 aromatic rings. The highest BCUT2D eigenvalue weighted by Gasteiger charge is 2.23. The molecule has 0 amide bonds. The van der Waals surface area contributed by atoms with Crippen molar-refractivity contribution in [1.29, 1.82) is 0 Å². The van der Waals surface area contributed by atoms with Gasteiger partial charge in [0.25, 0.3) is 0 Å². The molecule has 17 heavy (non-hydrogen) atoms. The molecule has 2 unspecified atom stereocenters. The van der Waals surface area contributed by atoms with E-state index in [-0.39, 0.29) is 11.3 Å². The smallest absolute Gasteiger partial charge is 0.170 e. The standard InChI is InChI=1S/C11H15N3OS2/c1-3-8(12)10(9-5-4-6-15-9)16-11-13-7(2)14-17-11/h4-6,8,10H,3,12H2,1-2H3. The van der Waals surface area contributed by atoms with Crippen LogP contribution in [0.4, 0.5) is 0 Å². The molecule has 0 aromatic carbocycles. The summed E-state index contributed by atoms with van der Waals surface area (Å²) < 4.78 is 10.6. The van der Waals surface area contributed by atoms with Gasteiger partial charge in [-0.25, -0.2) is 4.98 Å². The molecule has 0 saturated heterocycles. The third-order valence-electron chi connectivity index (χ3n) is 2.42. The quantitative estimate of drug-likeness (QED) is 0.845. The first-order valence-corrected chi connectivity index (χ1v) is 7.12. The minimum Gasteiger partial charge on any atom is -0.468 e. The molecule has 4 nitrogen and oxygen atoms in total. The largest absolute Gasteiger partial charge is 0.468 e. The zero-order valence-corrected chi connectivity index (χ0v) is 11.4. The maximum atomic E-state index is 6.14. The van der Waals surface area contributed by atoms with E-state index in [2.05, 4.69) is 16.3 Å². The number of thioether (sulfide) groups is 1. The number of hydrogen-bond donors (Lipinski definition) is 1. The summed E-state index contributed by atoms with van der Waals surface area (Å²) in [7, 11) is 0. The monoisotopic (exact) mass is 269 g/mol. The van der Waals surface area contributed by atoms with Crippen LogP contribution in [-0.2, 0) is 0 Å². The molecular weight excluding hydrogens is 254 g/mol. The summed E-state index contributed by atoms with van der Waals surface area (Å²) in [6.45, 7) is 3.97. The second kappa shape index (κ2) is 5.66. The first-order valence-electron chi connectivity index (χ1n) is 5.46. The molecule has 2 heterocycles. The van der Waals surface area contributed by atoms with Crippen molar-refractivity contribution in [3.63, 3.8) is 0 Å². The van der Waals surface area contributed by atoms with E-state index in [1.807, 2.05) is 19.1 Å². The van der Waals surface area contributed by atoms with Crippen molar-refractivity contribution in [3.05, 3.63) is 30.0 Å². The molecule has 92 valence electrons. The first-order chi connectivity index (χ1) is 8.20. The maximum Gasteiger partial charge on any atom is 0.170 e. The average molecular weight is 269 g/mol. The van der Waals surface area contributed by atoms with Gasteiger partial charge < -0.3 is 10.2 Å². The predicted octanol–water partition coefficient (Wildman–Crippen LogP) is 3.01. The topological polar surface area (TPSA) is 64.9 Å². The Labute approximate surface area is 109 Å². The number of nitrogens with zero attached hydrogens (tertiary/aromatic N) is 2. The number of rotatable bonds is 5. The van der Waals surface area contributed by atoms with Gasteiger partial charge in [0.05, 0.1) is 11.5 Å². The van der Waals surface area contributed by atoms with Gasteiger partial charge in [0.2, 0.25) is 0 Å². The Balaban J connectivity index is 2.17. The van der Waals surface area contributed by atoms with E-state index in [0.29, 0.717) is 0 Å². The molecule has 0 bridgehead atoms. The third-order valence-corrected chi connectivity index (χ3v) is 4.66. The Morgan fingerprint density at radius 2 is 2.41 bits per heavy atom. The van der Waals surface area contributed by atoms with E-state index in [1.165, 1.54) is 11.5 Å². The highest BCUT2D eigenvalue weighted by molar-refractivity contribution is 8.01. The van der Waals surface area contributed by atoms with Crippen molar-refractivity contribution in [3.8, 4) is 0 Å². The summed E-state index contributed by atoms with van der Waals surface area (Å²) in [5, 5.41) is 0.0994. The molecule has 2 atom stereocenters. The lowest BCUT2D eigenvalue weighted by Crippen LogP contribution is -2.25. The molecule has 0 fully saturated rings. The molecule has 0 saturated carbocycles. The molecule has 0 radical (unpaired) electrons. The molecule has 0 spiro atoms. The Morgan fingerprint density at radius 1 is 1.59 bits per heavy atom. The molecule has 0 aliphatic rings. The summed E-state index contributed by atoms with van der Waals surface area (Å²) in [4.78, 5) is 4.35. The van der Waals surface area contributed by atoms with Crippen LogP contribution in [0.2, 0.25) is 0 Å². The summed E-state index contributed by atoms with van der Waals surface area (Å²) in [6, 6.07) is 3.90. The molecule has 6 heteroatoms.